The number of amides is 6. The number of rotatable bonds is 28. The number of aromatic amines is 1. The van der Waals surface area contributed by atoms with Crippen molar-refractivity contribution >= 4 is 69.0 Å². The summed E-state index contributed by atoms with van der Waals surface area (Å²) in [6, 6.07) is 0.484. The van der Waals surface area contributed by atoms with Crippen molar-refractivity contribution in [2.75, 3.05) is 64.4 Å². The molecule has 5 heterocycles. The summed E-state index contributed by atoms with van der Waals surface area (Å²) in [5, 5.41) is 23.9. The summed E-state index contributed by atoms with van der Waals surface area (Å²) < 4.78 is 7.07. The van der Waals surface area contributed by atoms with Crippen LogP contribution in [0.1, 0.15) is 69.6 Å². The topological polar surface area (TPSA) is 276 Å². The fourth-order valence-electron chi connectivity index (χ4n) is 8.23. The first-order valence-electron chi connectivity index (χ1n) is 21.6. The molecule has 0 saturated carbocycles. The molecule has 10 atom stereocenters. The molecule has 4 aliphatic rings. The van der Waals surface area contributed by atoms with Gasteiger partial charge in [0.25, 0.3) is 5.56 Å². The van der Waals surface area contributed by atoms with Crippen molar-refractivity contribution in [2.45, 2.75) is 110 Å². The summed E-state index contributed by atoms with van der Waals surface area (Å²) in [5.74, 6) is 1.22. The van der Waals surface area contributed by atoms with Gasteiger partial charge in [0.05, 0.1) is 23.7 Å². The van der Waals surface area contributed by atoms with E-state index in [0.29, 0.717) is 62.5 Å². The van der Waals surface area contributed by atoms with Crippen LogP contribution >= 0.6 is 32.8 Å². The lowest BCUT2D eigenvalue weighted by atomic mass is 10.0. The number of H-pyrrole nitrogens is 1. The summed E-state index contributed by atoms with van der Waals surface area (Å²) in [5.41, 5.74) is -1.45. The van der Waals surface area contributed by atoms with Crippen LogP contribution in [0.4, 0.5) is 4.79 Å². The number of unbranched alkanes of at least 4 members (excludes halogenated alkanes) is 2. The van der Waals surface area contributed by atoms with E-state index < -0.39 is 29.5 Å². The number of likely N-dealkylation sites (N-methyl/N-ethyl adjacent to an activating group) is 1. The lowest BCUT2D eigenvalue weighted by Gasteiger charge is -2.23. The molecule has 5 rings (SSSR count). The normalized spacial score (nSPS) is 26.3. The zero-order valence-electron chi connectivity index (χ0n) is 35.6. The highest BCUT2D eigenvalue weighted by Crippen LogP contribution is 2.34. The van der Waals surface area contributed by atoms with E-state index in [2.05, 4.69) is 61.6 Å². The molecule has 350 valence electrons. The lowest BCUT2D eigenvalue weighted by Crippen LogP contribution is -2.48. The molecule has 0 aliphatic carbocycles. The van der Waals surface area contributed by atoms with Crippen molar-refractivity contribution in [3.63, 3.8) is 0 Å². The Morgan fingerprint density at radius 1 is 0.968 bits per heavy atom. The number of hydrogen-bond acceptors (Lipinski definition) is 15. The Kier molecular flexibility index (Phi) is 20.7. The molecule has 63 heavy (non-hydrogen) atoms. The molecular formula is C39H62N11O10PS2. The first-order chi connectivity index (χ1) is 30.5. The van der Waals surface area contributed by atoms with Crippen molar-refractivity contribution in [1.82, 2.24) is 51.7 Å². The van der Waals surface area contributed by atoms with E-state index in [1.54, 1.807) is 0 Å². The van der Waals surface area contributed by atoms with Crippen LogP contribution in [0.25, 0.3) is 6.08 Å². The summed E-state index contributed by atoms with van der Waals surface area (Å²) >= 11 is 3.69. The van der Waals surface area contributed by atoms with Crippen LogP contribution in [-0.4, -0.2) is 155 Å². The lowest BCUT2D eigenvalue weighted by molar-refractivity contribution is -0.121. The highest BCUT2D eigenvalue weighted by atomic mass is 32.2. The molecule has 6 amide bonds. The first-order valence-corrected chi connectivity index (χ1v) is 24.4. The van der Waals surface area contributed by atoms with E-state index in [0.717, 1.165) is 56.4 Å². The maximum absolute atomic E-state index is 12.8. The zero-order chi connectivity index (χ0) is 45.1. The average molecular weight is 940 g/mol. The Balaban J connectivity index is 1.05. The van der Waals surface area contributed by atoms with Crippen LogP contribution in [0.5, 0.6) is 0 Å². The number of carbonyl (C=O) groups is 5. The summed E-state index contributed by atoms with van der Waals surface area (Å²) in [7, 11) is 4.47. The number of hydrogen-bond donors (Lipinski definition) is 8. The molecule has 8 N–H and O–H groups in total. The molecule has 0 aromatic carbocycles. The van der Waals surface area contributed by atoms with Crippen molar-refractivity contribution in [3.8, 4) is 0 Å². The molecule has 10 unspecified atom stereocenters. The average Bonchev–Trinajstić information content (AvgIpc) is 4.03. The molecule has 0 spiro atoms. The van der Waals surface area contributed by atoms with Gasteiger partial charge in [0.15, 0.2) is 5.34 Å². The quantitative estimate of drug-likeness (QED) is 0.0101. The van der Waals surface area contributed by atoms with Crippen LogP contribution in [0.2, 0.25) is 0 Å². The smallest absolute Gasteiger partial charge is 0.330 e. The summed E-state index contributed by atoms with van der Waals surface area (Å²) in [4.78, 5) is 106. The van der Waals surface area contributed by atoms with Gasteiger partial charge in [-0.05, 0) is 38.8 Å². The van der Waals surface area contributed by atoms with Gasteiger partial charge in [-0.3, -0.25) is 38.4 Å². The van der Waals surface area contributed by atoms with Crippen molar-refractivity contribution in [2.24, 2.45) is 5.34 Å². The molecule has 0 bridgehead atoms. The molecule has 4 aliphatic heterocycles. The summed E-state index contributed by atoms with van der Waals surface area (Å²) in [6.45, 7) is 2.23. The van der Waals surface area contributed by atoms with E-state index in [9.17, 15) is 38.5 Å². The van der Waals surface area contributed by atoms with Gasteiger partial charge in [-0.1, -0.05) is 12.8 Å². The third-order valence-electron chi connectivity index (χ3n) is 11.7. The Morgan fingerprint density at radius 2 is 1.63 bits per heavy atom. The van der Waals surface area contributed by atoms with Crippen molar-refractivity contribution in [1.29, 1.82) is 0 Å². The standard InChI is InChI=1S/C39H62N11O10PS2/c1-40-25-21-62-29(35(25)44-23-51)6-2-4-8-31(52)41-12-15-49(16-13-42-32(53)9-5-3-7-30-36-26(22-63-30)45-38(56)46-36)17-14-43-33(54)11-10-24-19-50(39(57)47-37(24)55)34-18-28(61)27(60-34)20-59-48-58/h10-11,19,23,25-30,34-36,40H,2-9,12-18,20-22,61H2,1H3,(H,41,52)(H,42,53)(H,43,54)(H,44,51)(H2,45,46,56)(H,47,55,57)/b11-10+. The van der Waals surface area contributed by atoms with Crippen LogP contribution in [0.3, 0.4) is 0 Å². The molecule has 4 fully saturated rings. The number of nitrogens with one attached hydrogen (secondary N) is 8. The van der Waals surface area contributed by atoms with Crippen LogP contribution < -0.4 is 48.5 Å². The van der Waals surface area contributed by atoms with E-state index >= 15 is 0 Å². The third-order valence-corrected chi connectivity index (χ3v) is 15.4. The second kappa shape index (κ2) is 26.1. The van der Waals surface area contributed by atoms with E-state index in [1.165, 1.54) is 22.9 Å². The SMILES string of the molecule is CNC1CSC(CCCCC(=O)NCCN(CCNC(=O)/C=C/c2cn(C3CC(P)C(CON=O)O3)c(=O)[nH]c2=O)CCNC(=O)CCCCC2SCC3NC(=O)NC32)C1NC=O. The predicted octanol–water partition coefficient (Wildman–Crippen LogP) is -0.466. The number of carbonyl (C=O) groups excluding carboxylic acids is 5. The predicted molar refractivity (Wildman–Crippen MR) is 244 cm³/mol. The van der Waals surface area contributed by atoms with E-state index in [1.807, 2.05) is 35.5 Å². The maximum atomic E-state index is 12.8. The number of aromatic nitrogens is 2. The third kappa shape index (κ3) is 15.6. The number of thioether (sulfide) groups is 2. The van der Waals surface area contributed by atoms with Gasteiger partial charge < -0.3 is 46.8 Å². The fraction of sp³-hybridized carbons (Fsp3) is 0.718. The Morgan fingerprint density at radius 3 is 2.30 bits per heavy atom. The number of fused-ring (bicyclic) bond motifs is 1. The van der Waals surface area contributed by atoms with Gasteiger partial charge in [0.1, 0.15) is 18.9 Å². The molecular weight excluding hydrogens is 878 g/mol. The van der Waals surface area contributed by atoms with Crippen molar-refractivity contribution < 1.29 is 33.5 Å². The highest BCUT2D eigenvalue weighted by Gasteiger charge is 2.42. The van der Waals surface area contributed by atoms with Crippen LogP contribution in [0.15, 0.2) is 27.2 Å². The Bertz CT molecular complexity index is 1860. The van der Waals surface area contributed by atoms with Gasteiger partial charge in [-0.15, -0.1) is 14.1 Å². The number of ether oxygens (including phenoxy) is 1. The summed E-state index contributed by atoms with van der Waals surface area (Å²) in [6.07, 6.45) is 9.48. The molecule has 24 heteroatoms. The van der Waals surface area contributed by atoms with E-state index in [-0.39, 0.29) is 66.4 Å². The fourth-order valence-corrected chi connectivity index (χ4v) is 11.8. The number of urea groups is 1. The minimum atomic E-state index is -0.739. The second-order valence-electron chi connectivity index (χ2n) is 16.0. The maximum Gasteiger partial charge on any atom is 0.330 e. The molecule has 0 radical (unpaired) electrons. The molecule has 1 aromatic heterocycles. The molecule has 21 nitrogen and oxygen atoms in total. The highest BCUT2D eigenvalue weighted by molar-refractivity contribution is 8.00. The largest absolute Gasteiger partial charge is 0.361 e. The van der Waals surface area contributed by atoms with Gasteiger partial charge in [0, 0.05) is 105 Å². The minimum Gasteiger partial charge on any atom is -0.361 e. The van der Waals surface area contributed by atoms with E-state index in [4.69, 9.17) is 4.74 Å². The minimum absolute atomic E-state index is 0.0562. The number of nitrogens with zero attached hydrogens (tertiary/aromatic N) is 3. The zero-order valence-corrected chi connectivity index (χ0v) is 38.3. The molecule has 4 saturated heterocycles. The van der Waals surface area contributed by atoms with Crippen molar-refractivity contribution in [3.05, 3.63) is 43.6 Å². The Hall–Kier alpha value is -4.02. The van der Waals surface area contributed by atoms with Gasteiger partial charge in [-0.2, -0.15) is 23.5 Å². The Labute approximate surface area is 376 Å². The van der Waals surface area contributed by atoms with Crippen LogP contribution in [0, 0.1) is 4.91 Å². The first kappa shape index (κ1) is 50.0. The van der Waals surface area contributed by atoms with Gasteiger partial charge in [0.2, 0.25) is 24.1 Å². The monoisotopic (exact) mass is 939 g/mol. The second-order valence-corrected chi connectivity index (χ2v) is 19.4. The van der Waals surface area contributed by atoms with Gasteiger partial charge >= 0.3 is 11.7 Å². The van der Waals surface area contributed by atoms with Crippen LogP contribution in [-0.2, 0) is 28.8 Å². The molecule has 1 aromatic rings. The van der Waals surface area contributed by atoms with Gasteiger partial charge in [-0.25, -0.2) is 9.59 Å².